The van der Waals surface area contributed by atoms with Gasteiger partial charge in [0.05, 0.1) is 36.6 Å². The van der Waals surface area contributed by atoms with Crippen LogP contribution in [0.4, 0.5) is 0 Å². The van der Waals surface area contributed by atoms with Crippen LogP contribution in [0, 0.1) is 23.7 Å². The average molecular weight is 597 g/mol. The van der Waals surface area contributed by atoms with Gasteiger partial charge in [-0.15, -0.1) is 11.6 Å². The fraction of sp³-hybridized carbons (Fsp3) is 1.00. The molecule has 2 N–H and O–H groups in total. The molecule has 0 amide bonds. The molecule has 5 fully saturated rings. The molecular weight excluding hydrogens is 536 g/mol. The first-order valence-corrected chi connectivity index (χ1v) is 17.7. The minimum absolute atomic E-state index is 0.198. The normalized spacial score (nSPS) is 41.9. The largest absolute Gasteiger partial charge is 0.388 e. The number of nitrogens with zero attached hydrogens (tertiary/aromatic N) is 1. The van der Waals surface area contributed by atoms with Crippen LogP contribution in [0.25, 0.3) is 0 Å². The number of ether oxygens (including phenoxy) is 3. The predicted molar refractivity (Wildman–Crippen MR) is 167 cm³/mol. The number of fused-ring (bicyclic) bond motifs is 2. The number of nitrogens with one attached hydrogen (secondary N) is 1. The van der Waals surface area contributed by atoms with Crippen molar-refractivity contribution in [2.45, 2.75) is 152 Å². The van der Waals surface area contributed by atoms with Gasteiger partial charge in [0, 0.05) is 30.1 Å². The van der Waals surface area contributed by atoms with Gasteiger partial charge in [0.15, 0.2) is 0 Å². The summed E-state index contributed by atoms with van der Waals surface area (Å²) in [5, 5.41) is 16.2. The summed E-state index contributed by atoms with van der Waals surface area (Å²) in [4.78, 5) is 2.62. The molecule has 6 nitrogen and oxygen atoms in total. The Bertz CT molecular complexity index is 834. The minimum Gasteiger partial charge on any atom is -0.388 e. The molecule has 5 rings (SSSR count). The van der Waals surface area contributed by atoms with Crippen LogP contribution in [0.5, 0.6) is 0 Å². The first kappa shape index (κ1) is 32.4. The molecule has 3 saturated heterocycles. The Balaban J connectivity index is 1.24. The second-order valence-electron chi connectivity index (χ2n) is 15.3. The average Bonchev–Trinajstić information content (AvgIpc) is 3.08. The third kappa shape index (κ3) is 7.15. The number of rotatable bonds is 10. The van der Waals surface area contributed by atoms with Crippen molar-refractivity contribution in [3.05, 3.63) is 0 Å². The van der Waals surface area contributed by atoms with E-state index in [1.165, 1.54) is 25.7 Å². The smallest absolute Gasteiger partial charge is 0.0865 e. The van der Waals surface area contributed by atoms with Gasteiger partial charge in [-0.05, 0) is 148 Å². The summed E-state index contributed by atoms with van der Waals surface area (Å²) < 4.78 is 19.1. The van der Waals surface area contributed by atoms with Gasteiger partial charge in [0.25, 0.3) is 0 Å². The molecule has 0 aromatic heterocycles. The first-order chi connectivity index (χ1) is 19.5. The van der Waals surface area contributed by atoms with E-state index in [-0.39, 0.29) is 17.2 Å². The van der Waals surface area contributed by atoms with Crippen LogP contribution in [-0.4, -0.2) is 89.8 Å². The summed E-state index contributed by atoms with van der Waals surface area (Å²) in [7, 11) is 0. The molecule has 2 aliphatic carbocycles. The summed E-state index contributed by atoms with van der Waals surface area (Å²) in [6.07, 6.45) is 14.0. The van der Waals surface area contributed by atoms with Crippen molar-refractivity contribution in [3.63, 3.8) is 0 Å². The number of hydrogen-bond acceptors (Lipinski definition) is 6. The molecule has 5 aliphatic rings. The second kappa shape index (κ2) is 13.6. The molecule has 7 atom stereocenters. The Hall–Kier alpha value is 0.0500. The molecule has 238 valence electrons. The number of piperidine rings is 1. The lowest BCUT2D eigenvalue weighted by molar-refractivity contribution is -0.145. The SMILES string of the molecule is CCOCC(C)(C)O[C@H]1CCC2OC[C@H]3NCCCC3C(CCCN3CCC(O)(C4CCC(Cl)CC4)C3(C)C)[C@H]2C1. The Morgan fingerprint density at radius 1 is 1.07 bits per heavy atom. The number of halogens is 1. The number of likely N-dealkylation sites (tertiary alicyclic amines) is 1. The fourth-order valence-corrected chi connectivity index (χ4v) is 9.94. The highest BCUT2D eigenvalue weighted by Gasteiger charge is 2.56. The lowest BCUT2D eigenvalue weighted by Crippen LogP contribution is -2.58. The summed E-state index contributed by atoms with van der Waals surface area (Å²) in [5.41, 5.74) is -1.06. The van der Waals surface area contributed by atoms with Gasteiger partial charge in [-0.1, -0.05) is 0 Å². The van der Waals surface area contributed by atoms with Gasteiger partial charge >= 0.3 is 0 Å². The minimum atomic E-state index is -0.605. The highest BCUT2D eigenvalue weighted by atomic mass is 35.5. The van der Waals surface area contributed by atoms with Crippen molar-refractivity contribution < 1.29 is 19.3 Å². The summed E-state index contributed by atoms with van der Waals surface area (Å²) in [6.45, 7) is 16.4. The summed E-state index contributed by atoms with van der Waals surface area (Å²) >= 11 is 6.43. The molecule has 0 aromatic rings. The molecule has 4 unspecified atom stereocenters. The zero-order valence-corrected chi connectivity index (χ0v) is 27.6. The van der Waals surface area contributed by atoms with Gasteiger partial charge in [-0.2, -0.15) is 0 Å². The highest BCUT2D eigenvalue weighted by molar-refractivity contribution is 6.20. The molecule has 0 bridgehead atoms. The van der Waals surface area contributed by atoms with Crippen LogP contribution in [0.2, 0.25) is 0 Å². The van der Waals surface area contributed by atoms with Crippen molar-refractivity contribution >= 4 is 11.6 Å². The van der Waals surface area contributed by atoms with Crippen molar-refractivity contribution in [2.24, 2.45) is 23.7 Å². The van der Waals surface area contributed by atoms with E-state index >= 15 is 0 Å². The van der Waals surface area contributed by atoms with E-state index in [0.29, 0.717) is 47.8 Å². The molecule has 41 heavy (non-hydrogen) atoms. The number of hydrogen-bond donors (Lipinski definition) is 2. The molecule has 3 aliphatic heterocycles. The van der Waals surface area contributed by atoms with E-state index < -0.39 is 5.60 Å². The monoisotopic (exact) mass is 596 g/mol. The van der Waals surface area contributed by atoms with Crippen LogP contribution in [-0.2, 0) is 14.2 Å². The first-order valence-electron chi connectivity index (χ1n) is 17.3. The number of aliphatic hydroxyl groups is 1. The Kier molecular flexibility index (Phi) is 10.7. The van der Waals surface area contributed by atoms with E-state index in [1.54, 1.807) is 0 Å². The van der Waals surface area contributed by atoms with Gasteiger partial charge in [-0.25, -0.2) is 0 Å². The zero-order valence-electron chi connectivity index (χ0n) is 26.8. The lowest BCUT2D eigenvalue weighted by atomic mass is 9.67. The lowest BCUT2D eigenvalue weighted by Gasteiger charge is -2.48. The van der Waals surface area contributed by atoms with E-state index in [4.69, 9.17) is 25.8 Å². The Morgan fingerprint density at radius 3 is 2.61 bits per heavy atom. The van der Waals surface area contributed by atoms with E-state index in [0.717, 1.165) is 84.2 Å². The van der Waals surface area contributed by atoms with E-state index in [9.17, 15) is 5.11 Å². The molecule has 0 spiro atoms. The maximum absolute atomic E-state index is 12.0. The van der Waals surface area contributed by atoms with Crippen LogP contribution in [0.15, 0.2) is 0 Å². The Morgan fingerprint density at radius 2 is 1.85 bits per heavy atom. The molecule has 0 aromatic carbocycles. The highest BCUT2D eigenvalue weighted by Crippen LogP contribution is 2.49. The molecule has 7 heteroatoms. The maximum atomic E-state index is 12.0. The van der Waals surface area contributed by atoms with Crippen LogP contribution in [0.3, 0.4) is 0 Å². The van der Waals surface area contributed by atoms with Crippen LogP contribution < -0.4 is 5.32 Å². The summed E-state index contributed by atoms with van der Waals surface area (Å²) in [6, 6.07) is 0.485. The van der Waals surface area contributed by atoms with Gasteiger partial charge < -0.3 is 24.6 Å². The number of alkyl halides is 1. The van der Waals surface area contributed by atoms with Crippen LogP contribution >= 0.6 is 11.6 Å². The second-order valence-corrected chi connectivity index (χ2v) is 15.9. The molecule has 3 heterocycles. The maximum Gasteiger partial charge on any atom is 0.0865 e. The molecule has 0 radical (unpaired) electrons. The fourth-order valence-electron chi connectivity index (χ4n) is 9.69. The summed E-state index contributed by atoms with van der Waals surface area (Å²) in [5.74, 6) is 2.27. The molecule has 2 saturated carbocycles. The van der Waals surface area contributed by atoms with Crippen molar-refractivity contribution in [2.75, 3.05) is 39.5 Å². The van der Waals surface area contributed by atoms with Gasteiger partial charge in [0.2, 0.25) is 0 Å². The third-order valence-corrected chi connectivity index (χ3v) is 12.5. The van der Waals surface area contributed by atoms with Crippen molar-refractivity contribution in [1.29, 1.82) is 0 Å². The standard InChI is InChI=1S/C34H61ClN2O4/c1-6-39-23-32(2,3)41-26-15-16-31-29(21-26)27(28-9-7-18-36-30(28)22-40-31)10-8-19-37-20-17-34(38,33(37,4)5)24-11-13-25(35)14-12-24/h24-31,36,38H,6-23H2,1-5H3/t24?,25?,26-,27?,28?,29+,30+,31?,34?/m0/s1. The third-order valence-electron chi connectivity index (χ3n) is 12.1. The zero-order chi connectivity index (χ0) is 29.3. The van der Waals surface area contributed by atoms with Crippen molar-refractivity contribution in [3.8, 4) is 0 Å². The van der Waals surface area contributed by atoms with Gasteiger partial charge in [0.1, 0.15) is 0 Å². The van der Waals surface area contributed by atoms with Crippen molar-refractivity contribution in [1.82, 2.24) is 10.2 Å². The van der Waals surface area contributed by atoms with E-state index in [2.05, 4.69) is 44.8 Å². The topological polar surface area (TPSA) is 63.2 Å². The van der Waals surface area contributed by atoms with Gasteiger partial charge in [-0.3, -0.25) is 4.90 Å². The molecular formula is C34H61ClN2O4. The van der Waals surface area contributed by atoms with E-state index in [1.807, 2.05) is 0 Å². The van der Waals surface area contributed by atoms with Crippen LogP contribution in [0.1, 0.15) is 112 Å². The quantitative estimate of drug-likeness (QED) is 0.294. The Labute approximate surface area is 256 Å². The predicted octanol–water partition coefficient (Wildman–Crippen LogP) is 6.16.